The van der Waals surface area contributed by atoms with E-state index in [1.54, 1.807) is 11.3 Å². The Balaban J connectivity index is 0.000000438. The zero-order valence-electron chi connectivity index (χ0n) is 13.0. The van der Waals surface area contributed by atoms with Crippen LogP contribution in [0.15, 0.2) is 9.78 Å². The predicted molar refractivity (Wildman–Crippen MR) is 90.3 cm³/mol. The largest absolute Gasteiger partial charge is 0.518 e. The number of alkyl halides is 3. The third-order valence-corrected chi connectivity index (χ3v) is 5.53. The summed E-state index contributed by atoms with van der Waals surface area (Å²) in [7, 11) is -5.40. The average molecular weight is 392 g/mol. The van der Waals surface area contributed by atoms with Crippen LogP contribution < -0.4 is 5.73 Å². The predicted octanol–water partition coefficient (Wildman–Crippen LogP) is 3.73. The van der Waals surface area contributed by atoms with Crippen molar-refractivity contribution in [1.82, 2.24) is 4.98 Å². The Hall–Kier alpha value is -0.810. The molecule has 0 saturated heterocycles. The topological polar surface area (TPSA) is 85.4 Å². The first-order valence-electron chi connectivity index (χ1n) is 6.64. The fourth-order valence-corrected chi connectivity index (χ4v) is 3.13. The van der Waals surface area contributed by atoms with Crippen LogP contribution in [0.5, 0.6) is 0 Å². The number of nitrogens with two attached hydrogens (primary N) is 1. The highest BCUT2D eigenvalue weighted by Gasteiger charge is 2.45. The van der Waals surface area contributed by atoms with Crippen molar-refractivity contribution in [3.05, 3.63) is 16.1 Å². The van der Waals surface area contributed by atoms with Crippen molar-refractivity contribution in [3.8, 4) is 0 Å². The van der Waals surface area contributed by atoms with Gasteiger partial charge < -0.3 is 5.73 Å². The van der Waals surface area contributed by atoms with E-state index in [1.165, 1.54) is 22.9 Å². The van der Waals surface area contributed by atoms with E-state index in [1.807, 2.05) is 16.2 Å². The number of hydrogen-bond donors (Lipinski definition) is 1. The van der Waals surface area contributed by atoms with Crippen molar-refractivity contribution in [2.45, 2.75) is 44.4 Å². The smallest absolute Gasteiger partial charge is 0.389 e. The van der Waals surface area contributed by atoms with Gasteiger partial charge >= 0.3 is 15.5 Å². The first-order valence-corrected chi connectivity index (χ1v) is 10.1. The van der Waals surface area contributed by atoms with Gasteiger partial charge in [0.05, 0.1) is 17.0 Å². The van der Waals surface area contributed by atoms with E-state index in [4.69, 9.17) is 0 Å². The van der Waals surface area contributed by atoms with E-state index in [0.717, 1.165) is 5.75 Å². The number of hydrogen-bond acceptors (Lipinski definition) is 5. The van der Waals surface area contributed by atoms with Crippen LogP contribution in [0.2, 0.25) is 0 Å². The molecule has 0 fully saturated rings. The van der Waals surface area contributed by atoms with Crippen LogP contribution in [0.4, 0.5) is 13.2 Å². The van der Waals surface area contributed by atoms with E-state index in [2.05, 4.69) is 36.9 Å². The molecule has 0 unspecified atom stereocenters. The summed E-state index contributed by atoms with van der Waals surface area (Å²) in [5.74, 6) is 2.90. The summed E-state index contributed by atoms with van der Waals surface area (Å²) < 4.78 is 55.5. The Morgan fingerprint density at radius 1 is 1.48 bits per heavy atom. The molecule has 0 saturated carbocycles. The summed E-state index contributed by atoms with van der Waals surface area (Å²) in [5.41, 5.74) is 0.239. The quantitative estimate of drug-likeness (QED) is 0.454. The summed E-state index contributed by atoms with van der Waals surface area (Å²) >= 11 is 3.77. The van der Waals surface area contributed by atoms with Crippen molar-refractivity contribution >= 4 is 39.5 Å². The lowest BCUT2D eigenvalue weighted by molar-refractivity contribution is -0.0435. The molecule has 0 aliphatic carbocycles. The van der Waals surface area contributed by atoms with Crippen molar-refractivity contribution in [1.29, 1.82) is 0 Å². The highest BCUT2D eigenvalue weighted by atomic mass is 32.2. The molecule has 5 nitrogen and oxygen atoms in total. The zero-order chi connectivity index (χ0) is 18.1. The Morgan fingerprint density at radius 3 is 2.43 bits per heavy atom. The molecular weight excluding hydrogens is 371 g/mol. The molecule has 1 aromatic rings. The number of nitrogens with zero attached hydrogens (tertiary/aromatic N) is 2. The Bertz CT molecular complexity index is 584. The van der Waals surface area contributed by atoms with E-state index in [0.29, 0.717) is 5.92 Å². The van der Waals surface area contributed by atoms with Crippen molar-refractivity contribution in [2.24, 2.45) is 10.1 Å². The summed E-state index contributed by atoms with van der Waals surface area (Å²) in [6.07, 6.45) is 1.33. The maximum atomic E-state index is 11.3. The third kappa shape index (κ3) is 8.56. The normalized spacial score (nSPS) is 12.5. The molecule has 1 heterocycles. The monoisotopic (exact) mass is 391 g/mol. The van der Waals surface area contributed by atoms with E-state index >= 15 is 0 Å². The first-order chi connectivity index (χ1) is 10.5. The fourth-order valence-electron chi connectivity index (χ4n) is 1.12. The van der Waals surface area contributed by atoms with Crippen molar-refractivity contribution < 1.29 is 21.6 Å². The standard InChI is InChI=1S/C10H17NS2.C2H3F3N2O2S/c1-4-5-12-6-9-7-13-10(11-9)8(2)3;3-2(4,5)10(8,9)7-1-6/h7-8H,4-6H2,1-3H3;1H,(H2,6,7). The molecule has 2 N–H and O–H groups in total. The summed E-state index contributed by atoms with van der Waals surface area (Å²) in [6.45, 7) is 6.61. The van der Waals surface area contributed by atoms with Crippen molar-refractivity contribution in [3.63, 3.8) is 0 Å². The maximum Gasteiger partial charge on any atom is 0.518 e. The molecule has 0 aromatic carbocycles. The molecule has 1 aromatic heterocycles. The molecule has 1 rings (SSSR count). The molecule has 0 atom stereocenters. The number of rotatable bonds is 6. The number of thioether (sulfide) groups is 1. The fraction of sp³-hybridized carbons (Fsp3) is 0.667. The Kier molecular flexibility index (Phi) is 9.78. The molecule has 0 aliphatic heterocycles. The minimum Gasteiger partial charge on any atom is -0.389 e. The van der Waals surface area contributed by atoms with Gasteiger partial charge in [-0.25, -0.2) is 4.98 Å². The van der Waals surface area contributed by atoms with Crippen LogP contribution in [0.1, 0.15) is 43.8 Å². The van der Waals surface area contributed by atoms with Gasteiger partial charge in [-0.1, -0.05) is 20.8 Å². The molecule has 0 radical (unpaired) electrons. The molecule has 0 bridgehead atoms. The SMILES string of the molecule is CCCSCc1csc(C(C)C)n1.N/C=N/S(=O)(=O)C(F)(F)F. The van der Waals surface area contributed by atoms with Crippen molar-refractivity contribution in [2.75, 3.05) is 5.75 Å². The first kappa shape index (κ1) is 22.2. The number of halogens is 3. The number of aromatic nitrogens is 1. The van der Waals surface area contributed by atoms with Crippen LogP contribution >= 0.6 is 23.1 Å². The Labute approximate surface area is 142 Å². The van der Waals surface area contributed by atoms with Gasteiger partial charge in [-0.2, -0.15) is 33.4 Å². The van der Waals surface area contributed by atoms with Gasteiger partial charge in [-0.3, -0.25) is 0 Å². The summed E-state index contributed by atoms with van der Waals surface area (Å²) in [4.78, 5) is 4.58. The average Bonchev–Trinajstić information content (AvgIpc) is 2.87. The van der Waals surface area contributed by atoms with E-state index in [9.17, 15) is 21.6 Å². The molecule has 0 amide bonds. The van der Waals surface area contributed by atoms with Crippen LogP contribution in [0, 0.1) is 0 Å². The second-order valence-corrected chi connectivity index (χ2v) is 8.18. The minimum atomic E-state index is -5.40. The maximum absolute atomic E-state index is 11.3. The van der Waals surface area contributed by atoms with Gasteiger partial charge in [0.2, 0.25) is 0 Å². The molecule has 11 heteroatoms. The summed E-state index contributed by atoms with van der Waals surface area (Å²) in [6, 6.07) is 0. The lowest BCUT2D eigenvalue weighted by Gasteiger charge is -1.99. The van der Waals surface area contributed by atoms with E-state index in [-0.39, 0.29) is 6.34 Å². The molecule has 23 heavy (non-hydrogen) atoms. The molecule has 0 aliphatic rings. The van der Waals surface area contributed by atoms with Gasteiger partial charge in [0.1, 0.15) is 0 Å². The number of sulfonamides is 1. The van der Waals surface area contributed by atoms with E-state index < -0.39 is 15.5 Å². The summed E-state index contributed by atoms with van der Waals surface area (Å²) in [5, 5.41) is 3.46. The van der Waals surface area contributed by atoms with Gasteiger partial charge in [0.15, 0.2) is 0 Å². The minimum absolute atomic E-state index is 0.0722. The molecule has 134 valence electrons. The highest BCUT2D eigenvalue weighted by molar-refractivity contribution is 7.98. The lowest BCUT2D eigenvalue weighted by Crippen LogP contribution is -2.21. The lowest BCUT2D eigenvalue weighted by atomic mass is 10.2. The van der Waals surface area contributed by atoms with Crippen LogP contribution in [-0.2, 0) is 15.8 Å². The number of thiazole rings is 1. The van der Waals surface area contributed by atoms with Crippen LogP contribution in [-0.4, -0.2) is 31.0 Å². The highest BCUT2D eigenvalue weighted by Crippen LogP contribution is 2.24. The molecule has 0 spiro atoms. The Morgan fingerprint density at radius 2 is 2.09 bits per heavy atom. The van der Waals surface area contributed by atoms with Crippen LogP contribution in [0.25, 0.3) is 0 Å². The van der Waals surface area contributed by atoms with Gasteiger partial charge in [0, 0.05) is 17.1 Å². The van der Waals surface area contributed by atoms with Gasteiger partial charge in [-0.15, -0.1) is 15.7 Å². The van der Waals surface area contributed by atoms with Gasteiger partial charge in [-0.05, 0) is 12.2 Å². The third-order valence-electron chi connectivity index (χ3n) is 2.15. The van der Waals surface area contributed by atoms with Gasteiger partial charge in [0.25, 0.3) is 0 Å². The van der Waals surface area contributed by atoms with Crippen LogP contribution in [0.3, 0.4) is 0 Å². The second-order valence-electron chi connectivity index (χ2n) is 4.56. The zero-order valence-corrected chi connectivity index (χ0v) is 15.4. The molecular formula is C12H20F3N3O2S3. The second kappa shape index (κ2) is 10.1.